The Kier molecular flexibility index (Phi) is 3.65. The van der Waals surface area contributed by atoms with Crippen molar-refractivity contribution in [1.29, 1.82) is 0 Å². The lowest BCUT2D eigenvalue weighted by Gasteiger charge is -2.00. The average molecular weight is 339 g/mol. The zero-order chi connectivity index (χ0) is 16.7. The molecule has 24 heavy (non-hydrogen) atoms. The van der Waals surface area contributed by atoms with Crippen molar-refractivity contribution in [1.82, 2.24) is 24.7 Å². The van der Waals surface area contributed by atoms with Gasteiger partial charge in [-0.1, -0.05) is 0 Å². The van der Waals surface area contributed by atoms with Gasteiger partial charge in [0.25, 0.3) is 5.56 Å². The summed E-state index contributed by atoms with van der Waals surface area (Å²) in [6, 6.07) is 0. The Bertz CT molecular complexity index is 977. The second-order valence-corrected chi connectivity index (χ2v) is 6.88. The van der Waals surface area contributed by atoms with E-state index in [1.165, 1.54) is 29.7 Å². The molecular formula is C17H17N5OS. The van der Waals surface area contributed by atoms with Crippen molar-refractivity contribution >= 4 is 23.5 Å². The molecule has 0 unspecified atom stereocenters. The van der Waals surface area contributed by atoms with Gasteiger partial charge in [-0.05, 0) is 37.8 Å². The zero-order valence-electron chi connectivity index (χ0n) is 13.5. The van der Waals surface area contributed by atoms with Gasteiger partial charge in [-0.3, -0.25) is 9.48 Å². The highest BCUT2D eigenvalue weighted by atomic mass is 32.1. The van der Waals surface area contributed by atoms with Gasteiger partial charge in [-0.2, -0.15) is 5.10 Å². The minimum Gasteiger partial charge on any atom is -0.306 e. The van der Waals surface area contributed by atoms with Gasteiger partial charge in [0.1, 0.15) is 10.8 Å². The van der Waals surface area contributed by atoms with E-state index in [-0.39, 0.29) is 5.56 Å². The van der Waals surface area contributed by atoms with E-state index in [2.05, 4.69) is 20.1 Å². The molecule has 1 N–H and O–H groups in total. The van der Waals surface area contributed by atoms with Crippen molar-refractivity contribution in [3.05, 3.63) is 50.9 Å². The zero-order valence-corrected chi connectivity index (χ0v) is 14.3. The molecule has 3 aromatic heterocycles. The van der Waals surface area contributed by atoms with Crippen LogP contribution in [0, 0.1) is 6.92 Å². The van der Waals surface area contributed by atoms with Crippen LogP contribution in [0.4, 0.5) is 0 Å². The van der Waals surface area contributed by atoms with Crippen molar-refractivity contribution in [2.24, 2.45) is 7.05 Å². The standard InChI is InChI=1S/C17H17N5OS/c1-10-9-24-17(20-10)13-7-18-15(21-16(13)23)6-5-14-12(11-3-4-11)8-19-22(14)2/h5-9,11H,3-4H2,1-2H3,(H,18,21,23). The summed E-state index contributed by atoms with van der Waals surface area (Å²) < 4.78 is 1.86. The Hall–Kier alpha value is -2.54. The van der Waals surface area contributed by atoms with Gasteiger partial charge in [0, 0.05) is 29.9 Å². The number of rotatable bonds is 4. The molecule has 7 heteroatoms. The van der Waals surface area contributed by atoms with Crippen LogP contribution in [0.1, 0.15) is 41.5 Å². The summed E-state index contributed by atoms with van der Waals surface area (Å²) in [5.74, 6) is 1.15. The average Bonchev–Trinajstić information content (AvgIpc) is 3.21. The van der Waals surface area contributed by atoms with E-state index in [0.717, 1.165) is 11.4 Å². The summed E-state index contributed by atoms with van der Waals surface area (Å²) in [5, 5.41) is 6.94. The van der Waals surface area contributed by atoms with Crippen molar-refractivity contribution in [3.8, 4) is 10.6 Å². The van der Waals surface area contributed by atoms with E-state index in [1.807, 2.05) is 42.4 Å². The second-order valence-electron chi connectivity index (χ2n) is 6.02. The Labute approximate surface area is 142 Å². The molecule has 0 amide bonds. The summed E-state index contributed by atoms with van der Waals surface area (Å²) in [4.78, 5) is 23.8. The number of nitrogens with one attached hydrogen (secondary N) is 1. The SMILES string of the molecule is Cc1csc(-c2cnc(C=Cc3c(C4CC4)cnn3C)[nH]c2=O)n1. The molecule has 0 aliphatic heterocycles. The van der Waals surface area contributed by atoms with Gasteiger partial charge in [0.05, 0.1) is 17.5 Å². The minimum atomic E-state index is -0.175. The predicted molar refractivity (Wildman–Crippen MR) is 94.8 cm³/mol. The number of hydrogen-bond acceptors (Lipinski definition) is 5. The Balaban J connectivity index is 1.63. The quantitative estimate of drug-likeness (QED) is 0.793. The number of thiazole rings is 1. The van der Waals surface area contributed by atoms with E-state index in [1.54, 1.807) is 6.20 Å². The van der Waals surface area contributed by atoms with Crippen LogP contribution in [0.25, 0.3) is 22.7 Å². The van der Waals surface area contributed by atoms with Crippen molar-refractivity contribution in [3.63, 3.8) is 0 Å². The largest absolute Gasteiger partial charge is 0.306 e. The highest BCUT2D eigenvalue weighted by Gasteiger charge is 2.27. The van der Waals surface area contributed by atoms with E-state index in [4.69, 9.17) is 0 Å². The minimum absolute atomic E-state index is 0.175. The predicted octanol–water partition coefficient (Wildman–Crippen LogP) is 2.98. The third-order valence-electron chi connectivity index (χ3n) is 4.10. The summed E-state index contributed by atoms with van der Waals surface area (Å²) in [5.41, 5.74) is 3.57. The first kappa shape index (κ1) is 15.0. The third kappa shape index (κ3) is 2.82. The molecule has 0 atom stereocenters. The number of aromatic amines is 1. The maximum absolute atomic E-state index is 12.3. The highest BCUT2D eigenvalue weighted by molar-refractivity contribution is 7.13. The number of H-pyrrole nitrogens is 1. The van der Waals surface area contributed by atoms with E-state index in [9.17, 15) is 4.79 Å². The fourth-order valence-corrected chi connectivity index (χ4v) is 3.46. The lowest BCUT2D eigenvalue weighted by molar-refractivity contribution is 0.758. The first-order chi connectivity index (χ1) is 11.6. The lowest BCUT2D eigenvalue weighted by atomic mass is 10.1. The highest BCUT2D eigenvalue weighted by Crippen LogP contribution is 2.41. The molecule has 0 aromatic carbocycles. The van der Waals surface area contributed by atoms with Crippen LogP contribution in [0.5, 0.6) is 0 Å². The van der Waals surface area contributed by atoms with E-state index >= 15 is 0 Å². The molecule has 0 spiro atoms. The van der Waals surface area contributed by atoms with Crippen LogP contribution < -0.4 is 5.56 Å². The molecular weight excluding hydrogens is 322 g/mol. The van der Waals surface area contributed by atoms with Crippen LogP contribution in [-0.2, 0) is 7.05 Å². The molecule has 122 valence electrons. The van der Waals surface area contributed by atoms with Gasteiger partial charge in [0.15, 0.2) is 0 Å². The fraction of sp³-hybridized carbons (Fsp3) is 0.294. The van der Waals surface area contributed by atoms with Gasteiger partial charge in [0.2, 0.25) is 0 Å². The molecule has 1 aliphatic rings. The van der Waals surface area contributed by atoms with Crippen LogP contribution in [0.15, 0.2) is 22.6 Å². The maximum Gasteiger partial charge on any atom is 0.261 e. The fourth-order valence-electron chi connectivity index (χ4n) is 2.66. The Morgan fingerprint density at radius 2 is 2.17 bits per heavy atom. The van der Waals surface area contributed by atoms with Gasteiger partial charge in [-0.25, -0.2) is 9.97 Å². The van der Waals surface area contributed by atoms with Crippen LogP contribution in [0.2, 0.25) is 0 Å². The van der Waals surface area contributed by atoms with Crippen molar-refractivity contribution < 1.29 is 0 Å². The molecule has 0 bridgehead atoms. The molecule has 4 rings (SSSR count). The third-order valence-corrected chi connectivity index (χ3v) is 5.09. The van der Waals surface area contributed by atoms with Crippen molar-refractivity contribution in [2.75, 3.05) is 0 Å². The summed E-state index contributed by atoms with van der Waals surface area (Å²) in [7, 11) is 1.93. The number of hydrogen-bond donors (Lipinski definition) is 1. The van der Waals surface area contributed by atoms with Crippen LogP contribution >= 0.6 is 11.3 Å². The first-order valence-corrected chi connectivity index (χ1v) is 8.71. The van der Waals surface area contributed by atoms with Gasteiger partial charge >= 0.3 is 0 Å². The molecule has 1 aliphatic carbocycles. The van der Waals surface area contributed by atoms with E-state index in [0.29, 0.717) is 22.3 Å². The summed E-state index contributed by atoms with van der Waals surface area (Å²) >= 11 is 1.45. The topological polar surface area (TPSA) is 76.5 Å². The molecule has 3 heterocycles. The smallest absolute Gasteiger partial charge is 0.261 e. The summed E-state index contributed by atoms with van der Waals surface area (Å²) in [6.45, 7) is 1.91. The van der Waals surface area contributed by atoms with Crippen LogP contribution in [0.3, 0.4) is 0 Å². The molecule has 1 saturated carbocycles. The Morgan fingerprint density at radius 3 is 2.83 bits per heavy atom. The monoisotopic (exact) mass is 339 g/mol. The van der Waals surface area contributed by atoms with Crippen molar-refractivity contribution in [2.45, 2.75) is 25.7 Å². The molecule has 1 fully saturated rings. The first-order valence-electron chi connectivity index (χ1n) is 7.83. The number of aryl methyl sites for hydroxylation is 2. The van der Waals surface area contributed by atoms with Gasteiger partial charge < -0.3 is 4.98 Å². The van der Waals surface area contributed by atoms with Crippen LogP contribution in [-0.4, -0.2) is 24.7 Å². The Morgan fingerprint density at radius 1 is 1.33 bits per heavy atom. The lowest BCUT2D eigenvalue weighted by Crippen LogP contribution is -2.11. The normalized spacial score (nSPS) is 14.6. The number of nitrogens with zero attached hydrogens (tertiary/aromatic N) is 4. The summed E-state index contributed by atoms with van der Waals surface area (Å²) in [6.07, 6.45) is 9.75. The molecule has 0 radical (unpaired) electrons. The molecule has 0 saturated heterocycles. The maximum atomic E-state index is 12.3. The molecule has 6 nitrogen and oxygen atoms in total. The number of aromatic nitrogens is 5. The second kappa shape index (κ2) is 5.83. The van der Waals surface area contributed by atoms with Gasteiger partial charge in [-0.15, -0.1) is 11.3 Å². The molecule has 3 aromatic rings. The van der Waals surface area contributed by atoms with E-state index < -0.39 is 0 Å².